The molecule has 2 aromatic rings. The Morgan fingerprint density at radius 3 is 2.45 bits per heavy atom. The second-order valence-electron chi connectivity index (χ2n) is 6.91. The van der Waals surface area contributed by atoms with Gasteiger partial charge in [-0.25, -0.2) is 8.42 Å². The monoisotopic (exact) mass is 465 g/mol. The number of thioether (sulfide) groups is 1. The molecule has 0 bridgehead atoms. The number of carbonyl (C=O) groups is 1. The third-order valence-electron chi connectivity index (χ3n) is 4.82. The number of non-ortho nitro benzene ring substituents is 1. The lowest BCUT2D eigenvalue weighted by atomic mass is 10.2. The van der Waals surface area contributed by atoms with Crippen LogP contribution in [0.25, 0.3) is 0 Å². The zero-order valence-corrected chi connectivity index (χ0v) is 18.6. The number of anilines is 1. The van der Waals surface area contributed by atoms with E-state index in [1.54, 1.807) is 12.1 Å². The standard InChI is InChI=1S/C20H23N3O6S2/c1-29-19-10-9-17(31(27,28)22-11-3-2-4-12-22)13-18(19)21-20(24)14-30-16-7-5-15(6-8-16)23(25)26/h5-10,13H,2-4,11-12,14H2,1H3,(H,21,24). The van der Waals surface area contributed by atoms with E-state index < -0.39 is 14.9 Å². The molecule has 3 rings (SSSR count). The van der Waals surface area contributed by atoms with Crippen LogP contribution in [0, 0.1) is 10.1 Å². The van der Waals surface area contributed by atoms with Gasteiger partial charge in [-0.3, -0.25) is 14.9 Å². The maximum atomic E-state index is 12.9. The number of rotatable bonds is 8. The number of hydrogen-bond donors (Lipinski definition) is 1. The Morgan fingerprint density at radius 1 is 1.16 bits per heavy atom. The number of piperidine rings is 1. The van der Waals surface area contributed by atoms with E-state index in [2.05, 4.69) is 5.32 Å². The lowest BCUT2D eigenvalue weighted by Gasteiger charge is -2.26. The Kier molecular flexibility index (Phi) is 7.52. The molecule has 1 amide bonds. The summed E-state index contributed by atoms with van der Waals surface area (Å²) in [7, 11) is -2.21. The maximum absolute atomic E-state index is 12.9. The van der Waals surface area contributed by atoms with E-state index in [0.29, 0.717) is 23.7 Å². The van der Waals surface area contributed by atoms with Crippen LogP contribution in [-0.4, -0.2) is 49.5 Å². The predicted octanol–water partition coefficient (Wildman–Crippen LogP) is 3.51. The molecule has 2 aromatic carbocycles. The van der Waals surface area contributed by atoms with Crippen molar-refractivity contribution in [3.63, 3.8) is 0 Å². The predicted molar refractivity (Wildman–Crippen MR) is 118 cm³/mol. The Balaban J connectivity index is 1.70. The summed E-state index contributed by atoms with van der Waals surface area (Å²) in [6.45, 7) is 0.976. The van der Waals surface area contributed by atoms with Gasteiger partial charge >= 0.3 is 0 Å². The highest BCUT2D eigenvalue weighted by Gasteiger charge is 2.27. The number of amides is 1. The molecular formula is C20H23N3O6S2. The van der Waals surface area contributed by atoms with E-state index in [-0.39, 0.29) is 27.9 Å². The number of nitro groups is 1. The summed E-state index contributed by atoms with van der Waals surface area (Å²) in [5.74, 6) is 0.0461. The average molecular weight is 466 g/mol. The Labute approximate surface area is 185 Å². The van der Waals surface area contributed by atoms with Gasteiger partial charge in [0.15, 0.2) is 0 Å². The molecule has 11 heteroatoms. The lowest BCUT2D eigenvalue weighted by molar-refractivity contribution is -0.384. The van der Waals surface area contributed by atoms with Gasteiger partial charge in [-0.1, -0.05) is 6.42 Å². The molecule has 0 spiro atoms. The molecule has 1 N–H and O–H groups in total. The highest BCUT2D eigenvalue weighted by Crippen LogP contribution is 2.30. The first kappa shape index (κ1) is 23.0. The van der Waals surface area contributed by atoms with Crippen LogP contribution in [0.15, 0.2) is 52.3 Å². The Morgan fingerprint density at radius 2 is 1.84 bits per heavy atom. The summed E-state index contributed by atoms with van der Waals surface area (Å²) in [5.41, 5.74) is 0.250. The summed E-state index contributed by atoms with van der Waals surface area (Å²) in [6, 6.07) is 10.3. The molecule has 1 aliphatic rings. The fraction of sp³-hybridized carbons (Fsp3) is 0.350. The fourth-order valence-electron chi connectivity index (χ4n) is 3.20. The molecule has 0 unspecified atom stereocenters. The molecule has 9 nitrogen and oxygen atoms in total. The van der Waals surface area contributed by atoms with Gasteiger partial charge in [-0.05, 0) is 43.2 Å². The van der Waals surface area contributed by atoms with Gasteiger partial charge in [0.1, 0.15) is 5.75 Å². The Bertz CT molecular complexity index is 1050. The van der Waals surface area contributed by atoms with Crippen LogP contribution < -0.4 is 10.1 Å². The molecule has 166 valence electrons. The third-order valence-corrected chi connectivity index (χ3v) is 7.72. The number of benzene rings is 2. The molecule has 1 saturated heterocycles. The highest BCUT2D eigenvalue weighted by atomic mass is 32.2. The third kappa shape index (κ3) is 5.75. The van der Waals surface area contributed by atoms with Crippen molar-refractivity contribution in [3.8, 4) is 5.75 Å². The lowest BCUT2D eigenvalue weighted by Crippen LogP contribution is -2.35. The van der Waals surface area contributed by atoms with Crippen LogP contribution in [0.2, 0.25) is 0 Å². The first-order valence-electron chi connectivity index (χ1n) is 9.66. The quantitative estimate of drug-likeness (QED) is 0.360. The molecule has 1 fully saturated rings. The number of methoxy groups -OCH3 is 1. The first-order chi connectivity index (χ1) is 14.8. The van der Waals surface area contributed by atoms with Gasteiger partial charge in [0, 0.05) is 30.1 Å². The van der Waals surface area contributed by atoms with Crippen molar-refractivity contribution in [2.45, 2.75) is 29.1 Å². The minimum absolute atomic E-state index is 0.0229. The van der Waals surface area contributed by atoms with E-state index in [9.17, 15) is 23.3 Å². The molecule has 0 aliphatic carbocycles. The highest BCUT2D eigenvalue weighted by molar-refractivity contribution is 8.00. The van der Waals surface area contributed by atoms with Crippen LogP contribution in [0.3, 0.4) is 0 Å². The normalized spacial score (nSPS) is 14.7. The second-order valence-corrected chi connectivity index (χ2v) is 9.90. The molecular weight excluding hydrogens is 442 g/mol. The van der Waals surface area contributed by atoms with Crippen molar-refractivity contribution < 1.29 is 22.9 Å². The van der Waals surface area contributed by atoms with Gasteiger partial charge in [0.2, 0.25) is 15.9 Å². The van der Waals surface area contributed by atoms with Crippen LogP contribution in [0.4, 0.5) is 11.4 Å². The molecule has 0 atom stereocenters. The van der Waals surface area contributed by atoms with Gasteiger partial charge in [0.25, 0.3) is 5.69 Å². The Hall–Kier alpha value is -2.63. The average Bonchev–Trinajstić information content (AvgIpc) is 2.78. The minimum Gasteiger partial charge on any atom is -0.495 e. The first-order valence-corrected chi connectivity index (χ1v) is 12.1. The topological polar surface area (TPSA) is 119 Å². The van der Waals surface area contributed by atoms with E-state index in [1.807, 2.05) is 0 Å². The van der Waals surface area contributed by atoms with Crippen LogP contribution in [0.5, 0.6) is 5.75 Å². The van der Waals surface area contributed by atoms with Crippen LogP contribution >= 0.6 is 11.8 Å². The smallest absolute Gasteiger partial charge is 0.269 e. The SMILES string of the molecule is COc1ccc(S(=O)(=O)N2CCCCC2)cc1NC(=O)CSc1ccc([N+](=O)[O-])cc1. The molecule has 0 saturated carbocycles. The molecule has 0 radical (unpaired) electrons. The summed E-state index contributed by atoms with van der Waals surface area (Å²) in [4.78, 5) is 23.5. The van der Waals surface area contributed by atoms with Gasteiger partial charge in [-0.2, -0.15) is 4.31 Å². The number of nitro benzene ring substituents is 1. The molecule has 1 aliphatic heterocycles. The van der Waals surface area contributed by atoms with Gasteiger partial charge in [0.05, 0.1) is 28.4 Å². The van der Waals surface area contributed by atoms with Gasteiger partial charge < -0.3 is 10.1 Å². The summed E-state index contributed by atoms with van der Waals surface area (Å²) < 4.78 is 32.6. The van der Waals surface area contributed by atoms with Gasteiger partial charge in [-0.15, -0.1) is 11.8 Å². The minimum atomic E-state index is -3.65. The number of nitrogens with one attached hydrogen (secondary N) is 1. The largest absolute Gasteiger partial charge is 0.495 e. The zero-order chi connectivity index (χ0) is 22.4. The number of carbonyl (C=O) groups excluding carboxylic acids is 1. The maximum Gasteiger partial charge on any atom is 0.269 e. The summed E-state index contributed by atoms with van der Waals surface area (Å²) in [6.07, 6.45) is 2.68. The van der Waals surface area contributed by atoms with Crippen molar-refractivity contribution >= 4 is 39.1 Å². The molecule has 31 heavy (non-hydrogen) atoms. The van der Waals surface area contributed by atoms with E-state index in [1.165, 1.54) is 53.5 Å². The number of hydrogen-bond acceptors (Lipinski definition) is 7. The summed E-state index contributed by atoms with van der Waals surface area (Å²) in [5, 5.41) is 13.4. The van der Waals surface area contributed by atoms with Crippen molar-refractivity contribution in [2.24, 2.45) is 0 Å². The molecule has 1 heterocycles. The van der Waals surface area contributed by atoms with Crippen molar-refractivity contribution in [2.75, 3.05) is 31.3 Å². The van der Waals surface area contributed by atoms with Crippen molar-refractivity contribution in [1.29, 1.82) is 0 Å². The zero-order valence-electron chi connectivity index (χ0n) is 16.9. The van der Waals surface area contributed by atoms with E-state index in [0.717, 1.165) is 19.3 Å². The second kappa shape index (κ2) is 10.1. The van der Waals surface area contributed by atoms with E-state index >= 15 is 0 Å². The van der Waals surface area contributed by atoms with Crippen molar-refractivity contribution in [3.05, 3.63) is 52.6 Å². The van der Waals surface area contributed by atoms with Crippen LogP contribution in [-0.2, 0) is 14.8 Å². The fourth-order valence-corrected chi connectivity index (χ4v) is 5.44. The summed E-state index contributed by atoms with van der Waals surface area (Å²) >= 11 is 1.21. The van der Waals surface area contributed by atoms with Crippen molar-refractivity contribution in [1.82, 2.24) is 4.31 Å². The number of ether oxygens (including phenoxy) is 1. The van der Waals surface area contributed by atoms with Crippen LogP contribution in [0.1, 0.15) is 19.3 Å². The molecule has 0 aromatic heterocycles. The number of sulfonamides is 1. The number of nitrogens with zero attached hydrogens (tertiary/aromatic N) is 2. The van der Waals surface area contributed by atoms with E-state index in [4.69, 9.17) is 4.74 Å².